The minimum atomic E-state index is -4.46. The van der Waals surface area contributed by atoms with Gasteiger partial charge in [0, 0.05) is 13.1 Å². The number of nitrogens with zero attached hydrogens (tertiary/aromatic N) is 1. The summed E-state index contributed by atoms with van der Waals surface area (Å²) in [6.07, 6.45) is 2.44. The highest BCUT2D eigenvalue weighted by atomic mass is 32.3. The van der Waals surface area contributed by atoms with Gasteiger partial charge in [0.1, 0.15) is 0 Å². The zero-order valence-electron chi connectivity index (χ0n) is 7.59. The van der Waals surface area contributed by atoms with Crippen molar-refractivity contribution in [2.45, 2.75) is 19.3 Å². The molecule has 6 nitrogen and oxygen atoms in total. The molecule has 8 heteroatoms. The van der Waals surface area contributed by atoms with Crippen LogP contribution in [0.1, 0.15) is 19.3 Å². The Kier molecular flexibility index (Phi) is 3.51. The van der Waals surface area contributed by atoms with E-state index in [4.69, 9.17) is 4.55 Å². The Balaban J connectivity index is 2.74. The second-order valence-corrected chi connectivity index (χ2v) is 7.06. The third kappa shape index (κ3) is 3.52. The van der Waals surface area contributed by atoms with Crippen molar-refractivity contribution in [1.29, 1.82) is 0 Å². The van der Waals surface area contributed by atoms with Crippen LogP contribution in [0.2, 0.25) is 0 Å². The van der Waals surface area contributed by atoms with E-state index in [1.54, 1.807) is 0 Å². The molecular weight excluding hydrogens is 230 g/mol. The average molecular weight is 243 g/mol. The van der Waals surface area contributed by atoms with E-state index in [2.05, 4.69) is 0 Å². The first-order valence-corrected chi connectivity index (χ1v) is 7.46. The second kappa shape index (κ2) is 4.13. The van der Waals surface area contributed by atoms with E-state index in [1.165, 1.54) is 0 Å². The molecule has 0 unspecified atom stereocenters. The maximum atomic E-state index is 11.4. The van der Waals surface area contributed by atoms with Crippen LogP contribution in [-0.2, 0) is 20.1 Å². The molecule has 0 atom stereocenters. The lowest BCUT2D eigenvalue weighted by Crippen LogP contribution is -2.38. The third-order valence-electron chi connectivity index (χ3n) is 2.01. The second-order valence-electron chi connectivity index (χ2n) is 3.27. The summed E-state index contributed by atoms with van der Waals surface area (Å²) < 4.78 is 53.2. The van der Waals surface area contributed by atoms with E-state index < -0.39 is 25.2 Å². The smallest absolute Gasteiger partial charge is 0.280 e. The molecule has 0 spiro atoms. The third-order valence-corrected chi connectivity index (χ3v) is 5.54. The van der Waals surface area contributed by atoms with Crippen LogP contribution < -0.4 is 0 Å². The summed E-state index contributed by atoms with van der Waals surface area (Å²) in [6.45, 7) is 0.690. The van der Waals surface area contributed by atoms with Crippen molar-refractivity contribution < 1.29 is 21.4 Å². The molecule has 0 aromatic rings. The van der Waals surface area contributed by atoms with Crippen LogP contribution in [-0.4, -0.2) is 43.9 Å². The van der Waals surface area contributed by atoms with Gasteiger partial charge in [0.15, 0.2) is 5.08 Å². The Morgan fingerprint density at radius 2 is 1.50 bits per heavy atom. The number of hydrogen-bond acceptors (Lipinski definition) is 4. The number of piperidine rings is 1. The Bertz CT molecular complexity index is 378. The summed E-state index contributed by atoms with van der Waals surface area (Å²) in [7, 11) is -8.31. The van der Waals surface area contributed by atoms with E-state index in [-0.39, 0.29) is 0 Å². The first kappa shape index (κ1) is 11.9. The minimum absolute atomic E-state index is 0.345. The molecule has 0 bridgehead atoms. The standard InChI is InChI=1S/C6H13NO5S2/c8-13(9,6-14(10,11)12)7-4-2-1-3-5-7/h1-6H2,(H,10,11,12). The van der Waals surface area contributed by atoms with Gasteiger partial charge in [0.2, 0.25) is 10.0 Å². The van der Waals surface area contributed by atoms with Crippen LogP contribution in [0, 0.1) is 0 Å². The fourth-order valence-electron chi connectivity index (χ4n) is 1.41. The summed E-state index contributed by atoms with van der Waals surface area (Å²) in [5.74, 6) is 0. The monoisotopic (exact) mass is 243 g/mol. The average Bonchev–Trinajstić information content (AvgIpc) is 2.01. The Morgan fingerprint density at radius 3 is 1.93 bits per heavy atom. The maximum Gasteiger partial charge on any atom is 0.280 e. The van der Waals surface area contributed by atoms with Crippen molar-refractivity contribution in [1.82, 2.24) is 4.31 Å². The SMILES string of the molecule is O=S(=O)(O)CS(=O)(=O)N1CCCCC1. The topological polar surface area (TPSA) is 91.7 Å². The fourth-order valence-corrected chi connectivity index (χ4v) is 4.32. The summed E-state index contributed by atoms with van der Waals surface area (Å²) in [4.78, 5) is 0. The molecule has 1 rings (SSSR count). The van der Waals surface area contributed by atoms with Crippen molar-refractivity contribution in [3.63, 3.8) is 0 Å². The van der Waals surface area contributed by atoms with Crippen LogP contribution in [0.15, 0.2) is 0 Å². The van der Waals surface area contributed by atoms with E-state index in [0.717, 1.165) is 23.6 Å². The van der Waals surface area contributed by atoms with Crippen molar-refractivity contribution in [3.8, 4) is 0 Å². The summed E-state index contributed by atoms with van der Waals surface area (Å²) in [5, 5.41) is -1.21. The Hall–Kier alpha value is -0.180. The van der Waals surface area contributed by atoms with Crippen LogP contribution in [0.4, 0.5) is 0 Å². The summed E-state index contributed by atoms with van der Waals surface area (Å²) in [5.41, 5.74) is 0. The molecule has 0 saturated carbocycles. The molecule has 0 radical (unpaired) electrons. The van der Waals surface area contributed by atoms with Gasteiger partial charge in [-0.3, -0.25) is 4.55 Å². The molecule has 1 aliphatic rings. The van der Waals surface area contributed by atoms with Gasteiger partial charge in [-0.15, -0.1) is 0 Å². The van der Waals surface area contributed by atoms with Gasteiger partial charge in [-0.1, -0.05) is 6.42 Å². The lowest BCUT2D eigenvalue weighted by atomic mass is 10.2. The van der Waals surface area contributed by atoms with Gasteiger partial charge in [0.25, 0.3) is 10.1 Å². The first-order chi connectivity index (χ1) is 6.31. The molecule has 14 heavy (non-hydrogen) atoms. The van der Waals surface area contributed by atoms with Crippen molar-refractivity contribution in [2.75, 3.05) is 18.2 Å². The van der Waals surface area contributed by atoms with Crippen molar-refractivity contribution in [3.05, 3.63) is 0 Å². The highest BCUT2D eigenvalue weighted by Gasteiger charge is 2.28. The summed E-state index contributed by atoms with van der Waals surface area (Å²) in [6, 6.07) is 0. The highest BCUT2D eigenvalue weighted by molar-refractivity contribution is 8.04. The number of rotatable bonds is 3. The predicted octanol–water partition coefficient (Wildman–Crippen LogP) is -0.353. The van der Waals surface area contributed by atoms with E-state index >= 15 is 0 Å². The molecule has 1 aliphatic heterocycles. The fraction of sp³-hybridized carbons (Fsp3) is 1.00. The van der Waals surface area contributed by atoms with Crippen molar-refractivity contribution >= 4 is 20.1 Å². The van der Waals surface area contributed by atoms with Gasteiger partial charge in [-0.05, 0) is 12.8 Å². The van der Waals surface area contributed by atoms with Gasteiger partial charge >= 0.3 is 0 Å². The van der Waals surface area contributed by atoms with Gasteiger partial charge in [-0.2, -0.15) is 8.42 Å². The van der Waals surface area contributed by atoms with Crippen molar-refractivity contribution in [2.24, 2.45) is 0 Å². The van der Waals surface area contributed by atoms with Crippen LogP contribution >= 0.6 is 0 Å². The van der Waals surface area contributed by atoms with Gasteiger partial charge < -0.3 is 0 Å². The number of sulfonamides is 1. The van der Waals surface area contributed by atoms with Gasteiger partial charge in [-0.25, -0.2) is 12.7 Å². The molecule has 0 aromatic heterocycles. The molecule has 0 aliphatic carbocycles. The van der Waals surface area contributed by atoms with Crippen LogP contribution in [0.3, 0.4) is 0 Å². The van der Waals surface area contributed by atoms with Crippen LogP contribution in [0.5, 0.6) is 0 Å². The molecule has 1 fully saturated rings. The zero-order valence-corrected chi connectivity index (χ0v) is 9.22. The zero-order chi connectivity index (χ0) is 10.8. The largest absolute Gasteiger partial charge is 0.285 e. The molecule has 84 valence electrons. The maximum absolute atomic E-state index is 11.4. The van der Waals surface area contributed by atoms with E-state index in [0.29, 0.717) is 13.1 Å². The Morgan fingerprint density at radius 1 is 1.00 bits per heavy atom. The molecule has 1 saturated heterocycles. The molecular formula is C6H13NO5S2. The minimum Gasteiger partial charge on any atom is -0.285 e. The number of hydrogen-bond donors (Lipinski definition) is 1. The molecule has 0 aromatic carbocycles. The molecule has 1 heterocycles. The highest BCUT2D eigenvalue weighted by Crippen LogP contribution is 2.14. The lowest BCUT2D eigenvalue weighted by Gasteiger charge is -2.25. The molecule has 0 amide bonds. The van der Waals surface area contributed by atoms with E-state index in [1.807, 2.05) is 0 Å². The Labute approximate surface area is 83.7 Å². The lowest BCUT2D eigenvalue weighted by molar-refractivity contribution is 0.348. The van der Waals surface area contributed by atoms with E-state index in [9.17, 15) is 16.8 Å². The van der Waals surface area contributed by atoms with Gasteiger partial charge in [0.05, 0.1) is 0 Å². The quantitative estimate of drug-likeness (QED) is 0.684. The van der Waals surface area contributed by atoms with Crippen LogP contribution in [0.25, 0.3) is 0 Å². The molecule has 1 N–H and O–H groups in total. The summed E-state index contributed by atoms with van der Waals surface area (Å²) >= 11 is 0. The normalized spacial score (nSPS) is 20.9. The predicted molar refractivity (Wildman–Crippen MR) is 50.8 cm³/mol. The first-order valence-electron chi connectivity index (χ1n) is 4.24.